The molecule has 0 aliphatic rings. The number of carbonyl (C=O) groups is 3. The number of allylic oxidation sites excluding steroid dienone is 8. The van der Waals surface area contributed by atoms with E-state index in [0.29, 0.717) is 12.8 Å². The number of nitrogens with one attached hydrogen (secondary N) is 1. The van der Waals surface area contributed by atoms with Crippen LogP contribution in [-0.4, -0.2) is 64.9 Å². The van der Waals surface area contributed by atoms with Gasteiger partial charge in [-0.1, -0.05) is 165 Å². The highest BCUT2D eigenvalue weighted by molar-refractivity contribution is 7.47. The molecule has 0 aromatic heterocycles. The van der Waals surface area contributed by atoms with Gasteiger partial charge in [0.1, 0.15) is 12.7 Å². The number of hydrogen-bond acceptors (Lipinski definition) is 8. The molecule has 4 N–H and O–H groups in total. The van der Waals surface area contributed by atoms with Gasteiger partial charge in [0, 0.05) is 12.8 Å². The summed E-state index contributed by atoms with van der Waals surface area (Å²) >= 11 is 0. The molecular weight excluding hydrogens is 781 g/mol. The van der Waals surface area contributed by atoms with Crippen LogP contribution in [0.15, 0.2) is 48.6 Å². The third-order valence-corrected chi connectivity index (χ3v) is 11.0. The SMILES string of the molecule is CCCCCC/C=C\C/C=C\CCCCCCCCCC(=O)NC(COP(=O)(O)OCC(O)COC(=O)CCCCCCCCC/C=C\C/C=C\CCCCCC)C(=O)O. The smallest absolute Gasteiger partial charge is 0.472 e. The molecule has 0 radical (unpaired) electrons. The van der Waals surface area contributed by atoms with Crippen LogP contribution in [0.25, 0.3) is 0 Å². The van der Waals surface area contributed by atoms with Crippen LogP contribution in [0, 0.1) is 0 Å². The first-order chi connectivity index (χ1) is 29.1. The van der Waals surface area contributed by atoms with E-state index >= 15 is 0 Å². The normalized spacial score (nSPS) is 14.1. The van der Waals surface area contributed by atoms with Crippen molar-refractivity contribution in [3.63, 3.8) is 0 Å². The molecule has 0 saturated heterocycles. The fraction of sp³-hybridized carbons (Fsp3) is 0.771. The average Bonchev–Trinajstić information content (AvgIpc) is 3.22. The molecule has 0 bridgehead atoms. The van der Waals surface area contributed by atoms with Gasteiger partial charge in [-0.2, -0.15) is 0 Å². The highest BCUT2D eigenvalue weighted by Crippen LogP contribution is 2.43. The van der Waals surface area contributed by atoms with E-state index in [9.17, 15) is 34.1 Å². The summed E-state index contributed by atoms with van der Waals surface area (Å²) in [6, 6.07) is -1.55. The summed E-state index contributed by atoms with van der Waals surface area (Å²) in [7, 11) is -4.76. The van der Waals surface area contributed by atoms with Crippen molar-refractivity contribution in [3.05, 3.63) is 48.6 Å². The Labute approximate surface area is 364 Å². The minimum absolute atomic E-state index is 0.135. The molecular formula is C48H86NO10P. The Morgan fingerprint density at radius 2 is 0.917 bits per heavy atom. The molecule has 3 atom stereocenters. The van der Waals surface area contributed by atoms with Crippen LogP contribution in [0.2, 0.25) is 0 Å². The number of aliphatic hydroxyl groups is 1. The Morgan fingerprint density at radius 3 is 1.35 bits per heavy atom. The minimum Gasteiger partial charge on any atom is -0.480 e. The molecule has 0 rings (SSSR count). The van der Waals surface area contributed by atoms with Crippen molar-refractivity contribution in [2.75, 3.05) is 19.8 Å². The summed E-state index contributed by atoms with van der Waals surface area (Å²) in [5, 5.41) is 21.9. The van der Waals surface area contributed by atoms with E-state index in [1.54, 1.807) is 0 Å². The molecule has 0 aromatic carbocycles. The fourth-order valence-electron chi connectivity index (χ4n) is 6.38. The molecule has 0 aliphatic heterocycles. The van der Waals surface area contributed by atoms with Gasteiger partial charge in [-0.3, -0.25) is 18.6 Å². The van der Waals surface area contributed by atoms with Crippen molar-refractivity contribution in [2.24, 2.45) is 0 Å². The average molecular weight is 868 g/mol. The summed E-state index contributed by atoms with van der Waals surface area (Å²) in [5.41, 5.74) is 0. The van der Waals surface area contributed by atoms with Crippen LogP contribution in [0.5, 0.6) is 0 Å². The van der Waals surface area contributed by atoms with Gasteiger partial charge in [-0.15, -0.1) is 0 Å². The van der Waals surface area contributed by atoms with Crippen LogP contribution in [0.4, 0.5) is 0 Å². The molecule has 11 nitrogen and oxygen atoms in total. The van der Waals surface area contributed by atoms with Gasteiger partial charge in [0.2, 0.25) is 5.91 Å². The van der Waals surface area contributed by atoms with E-state index in [-0.39, 0.29) is 12.8 Å². The number of rotatable bonds is 44. The van der Waals surface area contributed by atoms with Crippen molar-refractivity contribution in [1.29, 1.82) is 0 Å². The summed E-state index contributed by atoms with van der Waals surface area (Å²) in [6.45, 7) is 2.56. The first kappa shape index (κ1) is 57.4. The van der Waals surface area contributed by atoms with Crippen LogP contribution in [0.1, 0.15) is 206 Å². The zero-order valence-corrected chi connectivity index (χ0v) is 38.6. The van der Waals surface area contributed by atoms with E-state index in [0.717, 1.165) is 77.0 Å². The van der Waals surface area contributed by atoms with Gasteiger partial charge >= 0.3 is 19.8 Å². The van der Waals surface area contributed by atoms with E-state index in [4.69, 9.17) is 13.8 Å². The van der Waals surface area contributed by atoms with Crippen LogP contribution in [-0.2, 0) is 32.7 Å². The molecule has 3 unspecified atom stereocenters. The summed E-state index contributed by atoms with van der Waals surface area (Å²) < 4.78 is 26.9. The Balaban J connectivity index is 3.90. The van der Waals surface area contributed by atoms with Crippen molar-refractivity contribution >= 4 is 25.7 Å². The second-order valence-electron chi connectivity index (χ2n) is 15.9. The number of amides is 1. The largest absolute Gasteiger partial charge is 0.480 e. The van der Waals surface area contributed by atoms with E-state index in [2.05, 4.69) is 67.8 Å². The maximum atomic E-state index is 12.3. The van der Waals surface area contributed by atoms with Crippen molar-refractivity contribution in [2.45, 2.75) is 219 Å². The number of carboxylic acid groups (broad SMARTS) is 1. The molecule has 0 saturated carbocycles. The highest BCUT2D eigenvalue weighted by Gasteiger charge is 2.28. The molecule has 12 heteroatoms. The number of carboxylic acids is 1. The third kappa shape index (κ3) is 42.1. The summed E-state index contributed by atoms with van der Waals surface area (Å²) in [6.07, 6.45) is 48.4. The molecule has 0 fully saturated rings. The van der Waals surface area contributed by atoms with Gasteiger partial charge in [-0.25, -0.2) is 9.36 Å². The third-order valence-electron chi connectivity index (χ3n) is 10.1. The highest BCUT2D eigenvalue weighted by atomic mass is 31.2. The summed E-state index contributed by atoms with van der Waals surface area (Å²) in [4.78, 5) is 46.0. The lowest BCUT2D eigenvalue weighted by Crippen LogP contribution is -2.43. The Morgan fingerprint density at radius 1 is 0.533 bits per heavy atom. The van der Waals surface area contributed by atoms with Crippen LogP contribution in [0.3, 0.4) is 0 Å². The number of phosphoric acid groups is 1. The Hall–Kier alpha value is -2.56. The van der Waals surface area contributed by atoms with E-state index < -0.39 is 57.6 Å². The predicted molar refractivity (Wildman–Crippen MR) is 245 cm³/mol. The number of unbranched alkanes of at least 4 members (excludes halogenated alkanes) is 22. The molecule has 60 heavy (non-hydrogen) atoms. The first-order valence-corrected chi connectivity index (χ1v) is 25.2. The second kappa shape index (κ2) is 43.1. The van der Waals surface area contributed by atoms with Gasteiger partial charge in [-0.05, 0) is 77.0 Å². The van der Waals surface area contributed by atoms with Crippen molar-refractivity contribution in [3.8, 4) is 0 Å². The quantitative estimate of drug-likeness (QED) is 0.0200. The lowest BCUT2D eigenvalue weighted by Gasteiger charge is -2.18. The lowest BCUT2D eigenvalue weighted by atomic mass is 10.1. The molecule has 1 amide bonds. The Kier molecular flexibility index (Phi) is 41.3. The molecule has 0 aromatic rings. The van der Waals surface area contributed by atoms with Gasteiger partial charge in [0.25, 0.3) is 0 Å². The van der Waals surface area contributed by atoms with E-state index in [1.165, 1.54) is 89.9 Å². The van der Waals surface area contributed by atoms with Gasteiger partial charge in [0.05, 0.1) is 13.2 Å². The number of aliphatic hydroxyl groups excluding tert-OH is 1. The number of aliphatic carboxylic acids is 1. The zero-order valence-electron chi connectivity index (χ0n) is 37.8. The standard InChI is InChI=1S/C48H86NO10P/c1-3-5-7-9-11-13-15-17-19-21-23-25-27-29-31-33-35-37-39-46(51)49-45(48(53)54)43-59-60(55,56)58-42-44(50)41-57-47(52)40-38-36-34-32-30-28-26-24-22-20-18-16-14-12-10-8-6-4-2/h13-16,19-22,44-45,50H,3-12,17-18,23-43H2,1-2H3,(H,49,51)(H,53,54)(H,55,56)/b15-13-,16-14-,21-19-,22-20-. The van der Waals surface area contributed by atoms with Crippen LogP contribution < -0.4 is 5.32 Å². The molecule has 0 heterocycles. The fourth-order valence-corrected chi connectivity index (χ4v) is 7.15. The first-order valence-electron chi connectivity index (χ1n) is 23.7. The van der Waals surface area contributed by atoms with Crippen molar-refractivity contribution in [1.82, 2.24) is 5.32 Å². The number of esters is 1. The number of phosphoric ester groups is 1. The predicted octanol–water partition coefficient (Wildman–Crippen LogP) is 12.6. The maximum absolute atomic E-state index is 12.3. The number of hydrogen-bond donors (Lipinski definition) is 4. The number of carbonyl (C=O) groups excluding carboxylic acids is 2. The van der Waals surface area contributed by atoms with Crippen LogP contribution >= 0.6 is 7.82 Å². The number of ether oxygens (including phenoxy) is 1. The molecule has 348 valence electrons. The molecule has 0 aliphatic carbocycles. The molecule has 0 spiro atoms. The minimum atomic E-state index is -4.76. The summed E-state index contributed by atoms with van der Waals surface area (Å²) in [5.74, 6) is -2.39. The zero-order chi connectivity index (χ0) is 44.2. The van der Waals surface area contributed by atoms with Gasteiger partial charge in [0.15, 0.2) is 6.04 Å². The lowest BCUT2D eigenvalue weighted by molar-refractivity contribution is -0.147. The topological polar surface area (TPSA) is 169 Å². The van der Waals surface area contributed by atoms with Crippen molar-refractivity contribution < 1.29 is 47.8 Å². The maximum Gasteiger partial charge on any atom is 0.472 e. The van der Waals surface area contributed by atoms with E-state index in [1.807, 2.05) is 0 Å². The second-order valence-corrected chi connectivity index (χ2v) is 17.4. The Bertz CT molecular complexity index is 1200. The monoisotopic (exact) mass is 868 g/mol. The van der Waals surface area contributed by atoms with Gasteiger partial charge < -0.3 is 25.2 Å².